The summed E-state index contributed by atoms with van der Waals surface area (Å²) in [6.07, 6.45) is 0.874. The van der Waals surface area contributed by atoms with Crippen molar-refractivity contribution in [2.75, 3.05) is 0 Å². The van der Waals surface area contributed by atoms with Gasteiger partial charge in [-0.15, -0.1) is 0 Å². The van der Waals surface area contributed by atoms with E-state index >= 15 is 0 Å². The van der Waals surface area contributed by atoms with Crippen molar-refractivity contribution in [1.29, 1.82) is 5.26 Å². The molecule has 2 aromatic carbocycles. The third kappa shape index (κ3) is 3.17. The third-order valence-corrected chi connectivity index (χ3v) is 5.77. The summed E-state index contributed by atoms with van der Waals surface area (Å²) in [5.74, 6) is -0.185. The standard InChI is InChI=1S/C22H16Cl2N2O2/c23-14-6-7-15(17(24)10-14)20-16(11-25)22(26)28-19-9-13(8-18(27)21(19)20)12-4-2-1-3-5-12/h1-7,10,13,20H,8-9,26H2/t13-,20+/m0/s1. The van der Waals surface area contributed by atoms with Crippen LogP contribution in [-0.4, -0.2) is 5.78 Å². The lowest BCUT2D eigenvalue weighted by Gasteiger charge is -2.34. The Kier molecular flexibility index (Phi) is 4.89. The third-order valence-electron chi connectivity index (χ3n) is 5.21. The summed E-state index contributed by atoms with van der Waals surface area (Å²) in [7, 11) is 0. The smallest absolute Gasteiger partial charge is 0.205 e. The van der Waals surface area contributed by atoms with Crippen LogP contribution in [0.1, 0.15) is 35.8 Å². The summed E-state index contributed by atoms with van der Waals surface area (Å²) in [6, 6.07) is 16.9. The number of nitriles is 1. The summed E-state index contributed by atoms with van der Waals surface area (Å²) in [5, 5.41) is 10.5. The summed E-state index contributed by atoms with van der Waals surface area (Å²) in [5.41, 5.74) is 8.39. The molecule has 2 N–H and O–H groups in total. The monoisotopic (exact) mass is 410 g/mol. The van der Waals surface area contributed by atoms with Crippen molar-refractivity contribution >= 4 is 29.0 Å². The summed E-state index contributed by atoms with van der Waals surface area (Å²) in [6.45, 7) is 0. The average molecular weight is 411 g/mol. The first kappa shape index (κ1) is 18.6. The van der Waals surface area contributed by atoms with Gasteiger partial charge in [0.15, 0.2) is 5.78 Å². The Labute approximate surface area is 172 Å². The highest BCUT2D eigenvalue weighted by atomic mass is 35.5. The second kappa shape index (κ2) is 7.35. The number of benzene rings is 2. The van der Waals surface area contributed by atoms with Crippen LogP contribution >= 0.6 is 23.2 Å². The minimum atomic E-state index is -0.650. The molecular weight excluding hydrogens is 395 g/mol. The zero-order valence-corrected chi connectivity index (χ0v) is 16.3. The number of hydrogen-bond donors (Lipinski definition) is 1. The molecule has 1 heterocycles. The fourth-order valence-electron chi connectivity index (χ4n) is 3.92. The van der Waals surface area contributed by atoms with Crippen molar-refractivity contribution in [3.63, 3.8) is 0 Å². The number of carbonyl (C=O) groups is 1. The van der Waals surface area contributed by atoms with E-state index in [2.05, 4.69) is 6.07 Å². The maximum Gasteiger partial charge on any atom is 0.205 e. The van der Waals surface area contributed by atoms with E-state index in [-0.39, 0.29) is 23.2 Å². The van der Waals surface area contributed by atoms with Crippen molar-refractivity contribution < 1.29 is 9.53 Å². The van der Waals surface area contributed by atoms with E-state index in [1.165, 1.54) is 0 Å². The molecular formula is C22H16Cl2N2O2. The molecule has 0 fully saturated rings. The van der Waals surface area contributed by atoms with Crippen LogP contribution in [0.5, 0.6) is 0 Å². The minimum absolute atomic E-state index is 0.00484. The van der Waals surface area contributed by atoms with Crippen LogP contribution in [0, 0.1) is 11.3 Å². The number of nitrogens with zero attached hydrogens (tertiary/aromatic N) is 1. The van der Waals surface area contributed by atoms with Gasteiger partial charge >= 0.3 is 0 Å². The number of rotatable bonds is 2. The molecule has 1 aliphatic carbocycles. The summed E-state index contributed by atoms with van der Waals surface area (Å²) < 4.78 is 5.76. The minimum Gasteiger partial charge on any atom is -0.444 e. The van der Waals surface area contributed by atoms with Gasteiger partial charge < -0.3 is 10.5 Å². The van der Waals surface area contributed by atoms with Gasteiger partial charge in [0.05, 0.1) is 5.92 Å². The van der Waals surface area contributed by atoms with Gasteiger partial charge in [-0.25, -0.2) is 0 Å². The Morgan fingerprint density at radius 2 is 1.86 bits per heavy atom. The van der Waals surface area contributed by atoms with Crippen LogP contribution < -0.4 is 5.73 Å². The van der Waals surface area contributed by atoms with Gasteiger partial charge in [-0.1, -0.05) is 59.6 Å². The molecule has 0 unspecified atom stereocenters. The molecule has 4 nitrogen and oxygen atoms in total. The average Bonchev–Trinajstić information content (AvgIpc) is 2.67. The summed E-state index contributed by atoms with van der Waals surface area (Å²) >= 11 is 12.4. The largest absolute Gasteiger partial charge is 0.444 e. The van der Waals surface area contributed by atoms with Crippen LogP contribution in [0.2, 0.25) is 10.0 Å². The number of ether oxygens (including phenoxy) is 1. The van der Waals surface area contributed by atoms with Crippen molar-refractivity contribution in [3.8, 4) is 6.07 Å². The molecule has 0 saturated carbocycles. The van der Waals surface area contributed by atoms with E-state index in [9.17, 15) is 10.1 Å². The molecule has 2 aliphatic rings. The molecule has 2 aromatic rings. The molecule has 0 amide bonds. The Bertz CT molecular complexity index is 1070. The zero-order valence-electron chi connectivity index (χ0n) is 14.8. The Balaban J connectivity index is 1.82. The number of carbonyl (C=O) groups excluding carboxylic acids is 1. The van der Waals surface area contributed by atoms with Crippen LogP contribution in [-0.2, 0) is 9.53 Å². The second-order valence-corrected chi connectivity index (χ2v) is 7.71. The number of halogens is 2. The first-order chi connectivity index (χ1) is 13.5. The molecule has 140 valence electrons. The number of Topliss-reactive ketones (excluding diaryl/α,β-unsaturated/α-hetero) is 1. The topological polar surface area (TPSA) is 76.1 Å². The van der Waals surface area contributed by atoms with Gasteiger partial charge in [-0.2, -0.15) is 5.26 Å². The summed E-state index contributed by atoms with van der Waals surface area (Å²) in [4.78, 5) is 13.2. The van der Waals surface area contributed by atoms with E-state index < -0.39 is 5.92 Å². The lowest BCUT2D eigenvalue weighted by molar-refractivity contribution is -0.117. The molecule has 0 saturated heterocycles. The number of allylic oxidation sites excluding steroid dienone is 3. The number of nitrogens with two attached hydrogens (primary N) is 1. The molecule has 1 aliphatic heterocycles. The van der Waals surface area contributed by atoms with Gasteiger partial charge in [0.25, 0.3) is 0 Å². The van der Waals surface area contributed by atoms with Crippen molar-refractivity contribution in [2.45, 2.75) is 24.7 Å². The molecule has 0 aromatic heterocycles. The van der Waals surface area contributed by atoms with Gasteiger partial charge in [-0.3, -0.25) is 4.79 Å². The molecule has 0 radical (unpaired) electrons. The predicted octanol–water partition coefficient (Wildman–Crippen LogP) is 5.20. The molecule has 0 bridgehead atoms. The van der Waals surface area contributed by atoms with Crippen molar-refractivity contribution in [2.24, 2.45) is 5.73 Å². The first-order valence-corrected chi connectivity index (χ1v) is 9.59. The highest BCUT2D eigenvalue weighted by Gasteiger charge is 2.41. The van der Waals surface area contributed by atoms with Gasteiger partial charge in [0.2, 0.25) is 5.88 Å². The Morgan fingerprint density at radius 1 is 1.11 bits per heavy atom. The second-order valence-electron chi connectivity index (χ2n) is 6.87. The molecule has 0 spiro atoms. The fraction of sp³-hybridized carbons (Fsp3) is 0.182. The van der Waals surface area contributed by atoms with Crippen LogP contribution in [0.4, 0.5) is 0 Å². The van der Waals surface area contributed by atoms with Crippen LogP contribution in [0.3, 0.4) is 0 Å². The Morgan fingerprint density at radius 3 is 2.54 bits per heavy atom. The highest BCUT2D eigenvalue weighted by molar-refractivity contribution is 6.35. The Hall–Kier alpha value is -2.74. The zero-order chi connectivity index (χ0) is 19.8. The highest BCUT2D eigenvalue weighted by Crippen LogP contribution is 2.48. The van der Waals surface area contributed by atoms with Crippen molar-refractivity contribution in [3.05, 3.63) is 92.5 Å². The van der Waals surface area contributed by atoms with Crippen LogP contribution in [0.25, 0.3) is 0 Å². The van der Waals surface area contributed by atoms with E-state index in [1.54, 1.807) is 18.2 Å². The predicted molar refractivity (Wildman–Crippen MR) is 108 cm³/mol. The van der Waals surface area contributed by atoms with E-state index in [0.29, 0.717) is 39.8 Å². The van der Waals surface area contributed by atoms with E-state index in [0.717, 1.165) is 5.56 Å². The maximum absolute atomic E-state index is 13.2. The van der Waals surface area contributed by atoms with Gasteiger partial charge in [0, 0.05) is 28.5 Å². The lowest BCUT2D eigenvalue weighted by atomic mass is 9.73. The van der Waals surface area contributed by atoms with Crippen LogP contribution in [0.15, 0.2) is 71.3 Å². The normalized spacial score (nSPS) is 21.8. The number of ketones is 1. The maximum atomic E-state index is 13.2. The van der Waals surface area contributed by atoms with Gasteiger partial charge in [-0.05, 0) is 29.2 Å². The lowest BCUT2D eigenvalue weighted by Crippen LogP contribution is -2.30. The fourth-order valence-corrected chi connectivity index (χ4v) is 4.43. The van der Waals surface area contributed by atoms with E-state index in [4.69, 9.17) is 33.7 Å². The quantitative estimate of drug-likeness (QED) is 0.737. The first-order valence-electron chi connectivity index (χ1n) is 8.83. The van der Waals surface area contributed by atoms with Crippen molar-refractivity contribution in [1.82, 2.24) is 0 Å². The number of hydrogen-bond acceptors (Lipinski definition) is 4. The SMILES string of the molecule is N#CC1=C(N)OC2=C(C(=O)C[C@H](c3ccccc3)C2)[C@@H]1c1ccc(Cl)cc1Cl. The molecule has 2 atom stereocenters. The van der Waals surface area contributed by atoms with Gasteiger partial charge in [0.1, 0.15) is 17.4 Å². The molecule has 4 rings (SSSR count). The van der Waals surface area contributed by atoms with E-state index in [1.807, 2.05) is 30.3 Å². The molecule has 6 heteroatoms. The molecule has 28 heavy (non-hydrogen) atoms.